The minimum absolute atomic E-state index is 0.175. The van der Waals surface area contributed by atoms with Crippen molar-refractivity contribution in [1.29, 1.82) is 0 Å². The molecule has 0 aliphatic rings. The number of amides is 1. The van der Waals surface area contributed by atoms with Gasteiger partial charge in [-0.25, -0.2) is 0 Å². The number of nitrogens with one attached hydrogen (secondary N) is 1. The number of benzene rings is 1. The van der Waals surface area contributed by atoms with Gasteiger partial charge in [-0.15, -0.1) is 0 Å². The molecule has 4 nitrogen and oxygen atoms in total. The van der Waals surface area contributed by atoms with E-state index in [1.165, 1.54) is 11.1 Å². The molecule has 0 saturated carbocycles. The molecular weight excluding hydrogens is 242 g/mol. The van der Waals surface area contributed by atoms with E-state index in [1.807, 2.05) is 32.0 Å². The highest BCUT2D eigenvalue weighted by Crippen LogP contribution is 2.20. The Kier molecular flexibility index (Phi) is 4.70. The number of aliphatic carboxylic acids is 1. The topological polar surface area (TPSA) is 66.4 Å². The molecular formula is C15H21NO3. The lowest BCUT2D eigenvalue weighted by atomic mass is 9.88. The summed E-state index contributed by atoms with van der Waals surface area (Å²) in [6.07, 6.45) is -0.175. The largest absolute Gasteiger partial charge is 0.481 e. The lowest BCUT2D eigenvalue weighted by Gasteiger charge is -2.21. The van der Waals surface area contributed by atoms with Gasteiger partial charge in [0.05, 0.1) is 11.8 Å². The lowest BCUT2D eigenvalue weighted by Crippen LogP contribution is -2.38. The number of carboxylic acids is 1. The highest BCUT2D eigenvalue weighted by atomic mass is 16.4. The van der Waals surface area contributed by atoms with Crippen LogP contribution >= 0.6 is 0 Å². The molecule has 0 aliphatic carbocycles. The van der Waals surface area contributed by atoms with Gasteiger partial charge >= 0.3 is 5.97 Å². The van der Waals surface area contributed by atoms with Crippen LogP contribution in [0.3, 0.4) is 0 Å². The lowest BCUT2D eigenvalue weighted by molar-refractivity contribution is -0.144. The Hall–Kier alpha value is -1.84. The number of carbonyl (C=O) groups excluding carboxylic acids is 1. The zero-order chi connectivity index (χ0) is 14.6. The second kappa shape index (κ2) is 5.87. The Morgan fingerprint density at radius 3 is 2.37 bits per heavy atom. The summed E-state index contributed by atoms with van der Waals surface area (Å²) in [5, 5.41) is 11.6. The van der Waals surface area contributed by atoms with Crippen molar-refractivity contribution in [2.24, 2.45) is 5.41 Å². The molecule has 19 heavy (non-hydrogen) atoms. The van der Waals surface area contributed by atoms with E-state index in [4.69, 9.17) is 5.11 Å². The summed E-state index contributed by atoms with van der Waals surface area (Å²) in [7, 11) is 0. The van der Waals surface area contributed by atoms with E-state index in [-0.39, 0.29) is 12.3 Å². The van der Waals surface area contributed by atoms with Gasteiger partial charge in [0.15, 0.2) is 0 Å². The van der Waals surface area contributed by atoms with Crippen molar-refractivity contribution in [2.45, 2.75) is 40.7 Å². The van der Waals surface area contributed by atoms with Crippen molar-refractivity contribution in [1.82, 2.24) is 5.32 Å². The maximum Gasteiger partial charge on any atom is 0.304 e. The van der Waals surface area contributed by atoms with Crippen LogP contribution in [0.25, 0.3) is 0 Å². The van der Waals surface area contributed by atoms with Crippen molar-refractivity contribution in [2.75, 3.05) is 0 Å². The summed E-state index contributed by atoms with van der Waals surface area (Å²) >= 11 is 0. The average Bonchev–Trinajstić information content (AvgIpc) is 2.28. The van der Waals surface area contributed by atoms with Crippen molar-refractivity contribution >= 4 is 11.9 Å². The summed E-state index contributed by atoms with van der Waals surface area (Å²) in [4.78, 5) is 22.6. The van der Waals surface area contributed by atoms with Crippen molar-refractivity contribution in [3.8, 4) is 0 Å². The normalized spacial score (nSPS) is 11.2. The molecule has 0 spiro atoms. The predicted molar refractivity (Wildman–Crippen MR) is 73.8 cm³/mol. The summed E-state index contributed by atoms with van der Waals surface area (Å²) in [6.45, 7) is 7.75. The molecule has 1 amide bonds. The standard InChI is InChI=1S/C15H21NO3/c1-10-5-6-12(7-11(10)2)9-16-14(19)15(3,4)8-13(17)18/h5-7H,8-9H2,1-4H3,(H,16,19)(H,17,18). The number of carbonyl (C=O) groups is 2. The van der Waals surface area contributed by atoms with Gasteiger partial charge in [-0.1, -0.05) is 32.0 Å². The van der Waals surface area contributed by atoms with Gasteiger partial charge in [-0.3, -0.25) is 9.59 Å². The van der Waals surface area contributed by atoms with E-state index in [0.29, 0.717) is 6.54 Å². The van der Waals surface area contributed by atoms with Crippen LogP contribution < -0.4 is 5.32 Å². The third kappa shape index (κ3) is 4.39. The molecule has 0 aliphatic heterocycles. The molecule has 0 heterocycles. The first-order valence-electron chi connectivity index (χ1n) is 6.28. The fourth-order valence-electron chi connectivity index (χ4n) is 1.79. The van der Waals surface area contributed by atoms with Crippen molar-refractivity contribution in [3.05, 3.63) is 34.9 Å². The summed E-state index contributed by atoms with van der Waals surface area (Å²) in [6, 6.07) is 6.01. The van der Waals surface area contributed by atoms with E-state index in [9.17, 15) is 9.59 Å². The van der Waals surface area contributed by atoms with E-state index in [1.54, 1.807) is 13.8 Å². The Morgan fingerprint density at radius 2 is 1.84 bits per heavy atom. The minimum Gasteiger partial charge on any atom is -0.481 e. The highest BCUT2D eigenvalue weighted by Gasteiger charge is 2.30. The van der Waals surface area contributed by atoms with Gasteiger partial charge in [0.2, 0.25) is 5.91 Å². The third-order valence-corrected chi connectivity index (χ3v) is 3.23. The van der Waals surface area contributed by atoms with Gasteiger partial charge in [0.25, 0.3) is 0 Å². The molecule has 2 N–H and O–H groups in total. The van der Waals surface area contributed by atoms with Crippen LogP contribution in [0.4, 0.5) is 0 Å². The summed E-state index contributed by atoms with van der Waals surface area (Å²) in [5.41, 5.74) is 2.51. The maximum absolute atomic E-state index is 12.0. The first-order chi connectivity index (χ1) is 8.72. The summed E-state index contributed by atoms with van der Waals surface area (Å²) < 4.78 is 0. The van der Waals surface area contributed by atoms with Crippen LogP contribution in [0, 0.1) is 19.3 Å². The van der Waals surface area contributed by atoms with Crippen LogP contribution in [0.2, 0.25) is 0 Å². The van der Waals surface area contributed by atoms with Crippen LogP contribution in [-0.2, 0) is 16.1 Å². The van der Waals surface area contributed by atoms with Crippen LogP contribution in [0.5, 0.6) is 0 Å². The third-order valence-electron chi connectivity index (χ3n) is 3.23. The quantitative estimate of drug-likeness (QED) is 0.857. The van der Waals surface area contributed by atoms with Crippen molar-refractivity contribution < 1.29 is 14.7 Å². The maximum atomic E-state index is 12.0. The Labute approximate surface area is 113 Å². The Bertz CT molecular complexity index is 492. The molecule has 0 unspecified atom stereocenters. The first kappa shape index (κ1) is 15.2. The molecule has 104 valence electrons. The fraction of sp³-hybridized carbons (Fsp3) is 0.467. The predicted octanol–water partition coefficient (Wildman–Crippen LogP) is 2.42. The smallest absolute Gasteiger partial charge is 0.304 e. The van der Waals surface area contributed by atoms with E-state index in [0.717, 1.165) is 5.56 Å². The van der Waals surface area contributed by atoms with Gasteiger partial charge < -0.3 is 10.4 Å². The zero-order valence-corrected chi connectivity index (χ0v) is 11.9. The zero-order valence-electron chi connectivity index (χ0n) is 11.9. The van der Waals surface area contributed by atoms with Gasteiger partial charge in [0.1, 0.15) is 0 Å². The molecule has 0 radical (unpaired) electrons. The second-order valence-corrected chi connectivity index (χ2v) is 5.56. The molecule has 1 rings (SSSR count). The van der Waals surface area contributed by atoms with Crippen LogP contribution in [-0.4, -0.2) is 17.0 Å². The minimum atomic E-state index is -0.966. The summed E-state index contributed by atoms with van der Waals surface area (Å²) in [5.74, 6) is -1.21. The number of rotatable bonds is 5. The molecule has 1 aromatic rings. The molecule has 4 heteroatoms. The first-order valence-corrected chi connectivity index (χ1v) is 6.28. The average molecular weight is 263 g/mol. The van der Waals surface area contributed by atoms with Crippen LogP contribution in [0.1, 0.15) is 37.0 Å². The molecule has 0 aromatic heterocycles. The molecule has 0 atom stereocenters. The number of carboxylic acid groups (broad SMARTS) is 1. The molecule has 0 fully saturated rings. The molecule has 0 saturated heterocycles. The van der Waals surface area contributed by atoms with Gasteiger partial charge in [-0.05, 0) is 30.5 Å². The van der Waals surface area contributed by atoms with E-state index < -0.39 is 11.4 Å². The van der Waals surface area contributed by atoms with Crippen LogP contribution in [0.15, 0.2) is 18.2 Å². The number of hydrogen-bond acceptors (Lipinski definition) is 2. The monoisotopic (exact) mass is 263 g/mol. The molecule has 0 bridgehead atoms. The Morgan fingerprint density at radius 1 is 1.21 bits per heavy atom. The highest BCUT2D eigenvalue weighted by molar-refractivity contribution is 5.86. The van der Waals surface area contributed by atoms with E-state index in [2.05, 4.69) is 5.32 Å². The second-order valence-electron chi connectivity index (χ2n) is 5.56. The fourth-order valence-corrected chi connectivity index (χ4v) is 1.79. The van der Waals surface area contributed by atoms with Gasteiger partial charge in [-0.2, -0.15) is 0 Å². The number of aryl methyl sites for hydroxylation is 2. The SMILES string of the molecule is Cc1ccc(CNC(=O)C(C)(C)CC(=O)O)cc1C. The van der Waals surface area contributed by atoms with Crippen molar-refractivity contribution in [3.63, 3.8) is 0 Å². The van der Waals surface area contributed by atoms with Gasteiger partial charge in [0, 0.05) is 6.54 Å². The van der Waals surface area contributed by atoms with E-state index >= 15 is 0 Å². The molecule has 1 aromatic carbocycles. The Balaban J connectivity index is 2.63. The number of hydrogen-bond donors (Lipinski definition) is 2.